The molecule has 2 aliphatic rings. The molecule has 1 heterocycles. The Morgan fingerprint density at radius 1 is 0.800 bits per heavy atom. The van der Waals surface area contributed by atoms with Crippen LogP contribution in [0.2, 0.25) is 0 Å². The van der Waals surface area contributed by atoms with Gasteiger partial charge in [-0.05, 0) is 90.1 Å². The van der Waals surface area contributed by atoms with Crippen LogP contribution in [-0.2, 0) is 14.9 Å². The van der Waals surface area contributed by atoms with Crippen molar-refractivity contribution in [1.82, 2.24) is 0 Å². The number of nitrogens with zero attached hydrogens (tertiary/aromatic N) is 2. The fourth-order valence-corrected chi connectivity index (χ4v) is 6.27. The minimum Gasteiger partial charge on any atom is -0.422 e. The number of rotatable bonds is 6. The lowest BCUT2D eigenvalue weighted by atomic mass is 9.73. The molecular formula is C36H30N2O2. The number of para-hydroxylation sites is 2. The highest BCUT2D eigenvalue weighted by Gasteiger charge is 2.41. The fraction of sp³-hybridized carbons (Fsp3) is 0.167. The molecule has 0 amide bonds. The highest BCUT2D eigenvalue weighted by molar-refractivity contribution is 5.99. The summed E-state index contributed by atoms with van der Waals surface area (Å²) in [5, 5.41) is 9.32. The minimum atomic E-state index is -0.579. The van der Waals surface area contributed by atoms with E-state index in [0.29, 0.717) is 11.3 Å². The Balaban J connectivity index is 1.48. The Morgan fingerprint density at radius 3 is 1.93 bits per heavy atom. The van der Waals surface area contributed by atoms with Crippen molar-refractivity contribution >= 4 is 29.1 Å². The molecule has 4 aromatic rings. The maximum absolute atomic E-state index is 12.1. The number of ether oxygens (including phenoxy) is 1. The smallest absolute Gasteiger partial charge is 0.354 e. The van der Waals surface area contributed by atoms with Crippen LogP contribution in [-0.4, -0.2) is 5.97 Å². The molecule has 0 bridgehead atoms. The number of anilines is 3. The lowest BCUT2D eigenvalue weighted by Crippen LogP contribution is -2.23. The van der Waals surface area contributed by atoms with Gasteiger partial charge in [-0.1, -0.05) is 74.5 Å². The number of cyclic esters (lactones) is 1. The third-order valence-corrected chi connectivity index (χ3v) is 8.42. The summed E-state index contributed by atoms with van der Waals surface area (Å²) >= 11 is 0. The van der Waals surface area contributed by atoms with Crippen LogP contribution in [0.25, 0.3) is 17.2 Å². The average Bonchev–Trinajstić information content (AvgIpc) is 3.42. The first-order valence-corrected chi connectivity index (χ1v) is 13.8. The molecule has 0 radical (unpaired) electrons. The van der Waals surface area contributed by atoms with Gasteiger partial charge >= 0.3 is 5.97 Å². The minimum absolute atomic E-state index is 0.0743. The quantitative estimate of drug-likeness (QED) is 0.237. The first-order valence-electron chi connectivity index (χ1n) is 13.8. The van der Waals surface area contributed by atoms with Crippen LogP contribution in [0.15, 0.2) is 114 Å². The van der Waals surface area contributed by atoms with Gasteiger partial charge in [0.15, 0.2) is 0 Å². The Labute approximate surface area is 235 Å². The van der Waals surface area contributed by atoms with E-state index < -0.39 is 5.97 Å². The average molecular weight is 523 g/mol. The number of hydrogen-bond donors (Lipinski definition) is 0. The molecule has 0 aromatic heterocycles. The molecule has 1 aliphatic heterocycles. The molecule has 196 valence electrons. The summed E-state index contributed by atoms with van der Waals surface area (Å²) in [6, 6.07) is 36.2. The highest BCUT2D eigenvalue weighted by Crippen LogP contribution is 2.54. The van der Waals surface area contributed by atoms with Crippen molar-refractivity contribution in [2.75, 3.05) is 4.90 Å². The number of allylic oxidation sites excluding steroid dienone is 1. The van der Waals surface area contributed by atoms with Gasteiger partial charge in [0.05, 0.1) is 0 Å². The van der Waals surface area contributed by atoms with Crippen LogP contribution >= 0.6 is 0 Å². The summed E-state index contributed by atoms with van der Waals surface area (Å²) in [6.45, 7) is 6.28. The molecule has 0 saturated carbocycles. The van der Waals surface area contributed by atoms with E-state index in [2.05, 4.69) is 104 Å². The Bertz CT molecular complexity index is 1680. The van der Waals surface area contributed by atoms with E-state index in [9.17, 15) is 10.1 Å². The van der Waals surface area contributed by atoms with Crippen LogP contribution in [0, 0.1) is 11.3 Å². The third kappa shape index (κ3) is 3.94. The summed E-state index contributed by atoms with van der Waals surface area (Å²) in [5.74, 6) is -0.135. The van der Waals surface area contributed by atoms with Crippen molar-refractivity contribution in [3.63, 3.8) is 0 Å². The van der Waals surface area contributed by atoms with Crippen molar-refractivity contribution in [2.45, 2.75) is 39.0 Å². The third-order valence-electron chi connectivity index (χ3n) is 8.42. The van der Waals surface area contributed by atoms with Gasteiger partial charge in [0.2, 0.25) is 0 Å². The molecule has 4 heteroatoms. The molecule has 0 N–H and O–H groups in total. The van der Waals surface area contributed by atoms with E-state index in [1.807, 2.05) is 24.3 Å². The second kappa shape index (κ2) is 10.0. The summed E-state index contributed by atoms with van der Waals surface area (Å²) in [6.07, 6.45) is 3.78. The molecule has 6 rings (SSSR count). The van der Waals surface area contributed by atoms with Crippen LogP contribution < -0.4 is 4.90 Å². The predicted octanol–water partition coefficient (Wildman–Crippen LogP) is 8.98. The molecule has 0 spiro atoms. The number of fused-ring (bicyclic) bond motifs is 3. The SMILES string of the molecule is CCC1(CC)c2cc(/C=C3/OC(=O)C(C#N)=C3C)ccc2-c2ccc(N(c3ccccc3)c3ccccc3)cc21. The van der Waals surface area contributed by atoms with Crippen LogP contribution in [0.5, 0.6) is 0 Å². The number of carbonyl (C=O) groups is 1. The Morgan fingerprint density at radius 2 is 1.38 bits per heavy atom. The van der Waals surface area contributed by atoms with Crippen molar-refractivity contribution in [3.8, 4) is 17.2 Å². The first kappa shape index (κ1) is 25.4. The normalized spacial score (nSPS) is 15.9. The number of carbonyl (C=O) groups excluding carboxylic acids is 1. The van der Waals surface area contributed by atoms with Crippen molar-refractivity contribution < 1.29 is 9.53 Å². The van der Waals surface area contributed by atoms with Crippen molar-refractivity contribution in [1.29, 1.82) is 5.26 Å². The molecule has 1 aliphatic carbocycles. The predicted molar refractivity (Wildman–Crippen MR) is 160 cm³/mol. The van der Waals surface area contributed by atoms with Crippen LogP contribution in [0.3, 0.4) is 0 Å². The van der Waals surface area contributed by atoms with E-state index in [-0.39, 0.29) is 11.0 Å². The van der Waals surface area contributed by atoms with Gasteiger partial charge in [0.1, 0.15) is 17.4 Å². The molecule has 4 aromatic carbocycles. The van der Waals surface area contributed by atoms with E-state index in [1.54, 1.807) is 6.92 Å². The Kier molecular flexibility index (Phi) is 6.36. The largest absolute Gasteiger partial charge is 0.422 e. The van der Waals surface area contributed by atoms with Gasteiger partial charge in [0, 0.05) is 28.1 Å². The van der Waals surface area contributed by atoms with Gasteiger partial charge in [0.25, 0.3) is 0 Å². The molecule has 0 fully saturated rings. The second-order valence-electron chi connectivity index (χ2n) is 10.3. The zero-order valence-electron chi connectivity index (χ0n) is 22.9. The van der Waals surface area contributed by atoms with E-state index in [0.717, 1.165) is 35.5 Å². The lowest BCUT2D eigenvalue weighted by Gasteiger charge is -2.32. The molecule has 0 unspecified atom stereocenters. The summed E-state index contributed by atoms with van der Waals surface area (Å²) in [7, 11) is 0. The summed E-state index contributed by atoms with van der Waals surface area (Å²) < 4.78 is 5.41. The molecule has 40 heavy (non-hydrogen) atoms. The van der Waals surface area contributed by atoms with Gasteiger partial charge in [-0.25, -0.2) is 4.79 Å². The number of nitriles is 1. The standard InChI is InChI=1S/C36H30N2O2/c1-4-36(5-2)32-20-25(21-34-24(3)31(23-37)35(39)40-34)16-18-29(32)30-19-17-28(22-33(30)36)38(26-12-8-6-9-13-26)27-14-10-7-11-15-27/h6-22H,4-5H2,1-3H3/b34-21+. The lowest BCUT2D eigenvalue weighted by molar-refractivity contribution is -0.132. The first-order chi connectivity index (χ1) is 19.5. The van der Waals surface area contributed by atoms with Crippen LogP contribution in [0.1, 0.15) is 50.3 Å². The zero-order valence-corrected chi connectivity index (χ0v) is 22.9. The van der Waals surface area contributed by atoms with Crippen molar-refractivity contribution in [3.05, 3.63) is 131 Å². The van der Waals surface area contributed by atoms with E-state index in [1.165, 1.54) is 22.3 Å². The van der Waals surface area contributed by atoms with Gasteiger partial charge < -0.3 is 9.64 Å². The monoisotopic (exact) mass is 522 g/mol. The second-order valence-corrected chi connectivity index (χ2v) is 10.3. The highest BCUT2D eigenvalue weighted by atomic mass is 16.5. The molecule has 0 atom stereocenters. The zero-order chi connectivity index (χ0) is 27.9. The topological polar surface area (TPSA) is 53.3 Å². The molecule has 0 saturated heterocycles. The number of esters is 1. The molecular weight excluding hydrogens is 492 g/mol. The fourth-order valence-electron chi connectivity index (χ4n) is 6.27. The summed E-state index contributed by atoms with van der Waals surface area (Å²) in [5.41, 5.74) is 9.94. The van der Waals surface area contributed by atoms with Gasteiger partial charge in [-0.3, -0.25) is 0 Å². The van der Waals surface area contributed by atoms with Gasteiger partial charge in [-0.2, -0.15) is 5.26 Å². The van der Waals surface area contributed by atoms with Crippen molar-refractivity contribution in [2.24, 2.45) is 0 Å². The maximum Gasteiger partial charge on any atom is 0.354 e. The Hall–Kier alpha value is -4.88. The summed E-state index contributed by atoms with van der Waals surface area (Å²) in [4.78, 5) is 14.4. The molecule has 4 nitrogen and oxygen atoms in total. The maximum atomic E-state index is 12.1. The van der Waals surface area contributed by atoms with E-state index in [4.69, 9.17) is 4.74 Å². The van der Waals surface area contributed by atoms with Crippen LogP contribution in [0.4, 0.5) is 17.1 Å². The number of hydrogen-bond acceptors (Lipinski definition) is 4. The number of benzene rings is 4. The van der Waals surface area contributed by atoms with Gasteiger partial charge in [-0.15, -0.1) is 0 Å². The van der Waals surface area contributed by atoms with E-state index >= 15 is 0 Å².